The number of β-lactam (4-membered cyclic amide) rings is 1. The molecule has 1 aliphatic heterocycles. The van der Waals surface area contributed by atoms with Crippen molar-refractivity contribution >= 4 is 93.1 Å². The van der Waals surface area contributed by atoms with Crippen LogP contribution in [0.2, 0.25) is 0 Å². The molecule has 2 unspecified atom stereocenters. The van der Waals surface area contributed by atoms with Gasteiger partial charge in [0.2, 0.25) is 10.0 Å². The van der Waals surface area contributed by atoms with Crippen molar-refractivity contribution in [1.29, 1.82) is 0 Å². The van der Waals surface area contributed by atoms with Gasteiger partial charge in [-0.05, 0) is 27.0 Å². The molecule has 1 fully saturated rings. The van der Waals surface area contributed by atoms with Crippen molar-refractivity contribution in [2.45, 2.75) is 29.3 Å². The molecule has 5 aromatic carbocycles. The molecule has 59 heavy (non-hydrogen) atoms. The summed E-state index contributed by atoms with van der Waals surface area (Å²) in [6.45, 7) is -5.50. The number of amides is 2. The Labute approximate surface area is 354 Å². The topological polar surface area (TPSA) is 147 Å². The Morgan fingerprint density at radius 2 is 1.05 bits per heavy atom. The minimum atomic E-state index is -3.48. The number of esters is 2. The average molecular weight is 878 g/mol. The van der Waals surface area contributed by atoms with Gasteiger partial charge in [0, 0.05) is 6.89 Å². The van der Waals surface area contributed by atoms with Crippen LogP contribution in [0, 0.1) is 0 Å². The first-order chi connectivity index (χ1) is 28.5. The van der Waals surface area contributed by atoms with Crippen LogP contribution in [-0.2, 0) is 51.3 Å². The molecule has 6 rings (SSSR count). The first-order valence-corrected chi connectivity index (χ1v) is 20.9. The predicted molar refractivity (Wildman–Crippen MR) is 224 cm³/mol. The Morgan fingerprint density at radius 1 is 0.610 bits per heavy atom. The summed E-state index contributed by atoms with van der Waals surface area (Å²) < 4.78 is 24.9. The fraction of sp³-hybridized carbons (Fsp3) is 0.163. The van der Waals surface area contributed by atoms with Crippen LogP contribution in [-0.4, -0.2) is 69.7 Å². The lowest BCUT2D eigenvalue weighted by Crippen LogP contribution is -2.74. The second-order valence-electron chi connectivity index (χ2n) is 12.8. The van der Waals surface area contributed by atoms with Crippen molar-refractivity contribution in [1.82, 2.24) is 10.2 Å². The van der Waals surface area contributed by atoms with Crippen LogP contribution in [0.15, 0.2) is 152 Å². The van der Waals surface area contributed by atoms with Crippen molar-refractivity contribution in [3.05, 3.63) is 163 Å². The van der Waals surface area contributed by atoms with E-state index < -0.39 is 66.3 Å². The van der Waals surface area contributed by atoms with Gasteiger partial charge in [-0.25, -0.2) is 19.2 Å². The van der Waals surface area contributed by atoms with Gasteiger partial charge < -0.3 is 29.0 Å². The maximum absolute atomic E-state index is 15.1. The molecule has 5 aromatic rings. The number of rotatable bonds is 14. The van der Waals surface area contributed by atoms with Crippen LogP contribution < -0.4 is 21.2 Å². The lowest BCUT2D eigenvalue weighted by Gasteiger charge is -2.48. The van der Waals surface area contributed by atoms with Crippen LogP contribution >= 0.6 is 41.7 Å². The number of carbonyl (C=O) groups is 5. The van der Waals surface area contributed by atoms with Crippen LogP contribution in [0.25, 0.3) is 0 Å². The quantitative estimate of drug-likeness (QED) is 0.0438. The van der Waals surface area contributed by atoms with Crippen LogP contribution in [0.4, 0.5) is 9.59 Å². The molecule has 2 atom stereocenters. The van der Waals surface area contributed by atoms with E-state index in [1.165, 1.54) is 0 Å². The lowest BCUT2D eigenvalue weighted by atomic mass is 10.0. The average Bonchev–Trinajstić information content (AvgIpc) is 3.26. The molecule has 1 N–H and O–H groups in total. The molecule has 0 radical (unpaired) electrons. The number of likely N-dealkylation sites (tertiary alicyclic amines) is 1. The molecule has 0 aliphatic carbocycles. The van der Waals surface area contributed by atoms with E-state index in [0.717, 1.165) is 4.90 Å². The first-order valence-electron chi connectivity index (χ1n) is 18.0. The van der Waals surface area contributed by atoms with Crippen molar-refractivity contribution in [2.75, 3.05) is 13.2 Å². The van der Waals surface area contributed by atoms with E-state index >= 15 is 4.79 Å². The van der Waals surface area contributed by atoms with E-state index in [1.807, 2.05) is 97.1 Å². The molecule has 0 saturated carbocycles. The number of hydrogen-bond acceptors (Lipinski definition) is 10. The van der Waals surface area contributed by atoms with Crippen LogP contribution in [0.3, 0.4) is 0 Å². The summed E-state index contributed by atoms with van der Waals surface area (Å²) >= 11 is 16.9. The largest absolute Gasteiger partial charge is 0.508 e. The number of carbonyl (C=O) groups excluding carboxylic acids is 5. The first kappa shape index (κ1) is 42.8. The van der Waals surface area contributed by atoms with E-state index in [2.05, 4.69) is 5.32 Å². The maximum Gasteiger partial charge on any atom is 0.508 e. The fourth-order valence-corrected chi connectivity index (χ4v) is 10.8. The molecular weight excluding hydrogens is 842 g/mol. The smallest absolute Gasteiger partial charge is 0.456 e. The van der Waals surface area contributed by atoms with Crippen molar-refractivity contribution in [3.8, 4) is 0 Å². The van der Waals surface area contributed by atoms with Crippen molar-refractivity contribution in [2.24, 2.45) is 0 Å². The van der Waals surface area contributed by atoms with Gasteiger partial charge in [0.05, 0.1) is 0 Å². The second kappa shape index (κ2) is 19.8. The highest BCUT2D eigenvalue weighted by molar-refractivity contribution is 7.96. The Balaban J connectivity index is 1.48. The highest BCUT2D eigenvalue weighted by Crippen LogP contribution is 2.49. The Hall–Kier alpha value is -5.78. The molecule has 16 heteroatoms. The van der Waals surface area contributed by atoms with Gasteiger partial charge in [0.25, 0.3) is 5.91 Å². The Morgan fingerprint density at radius 3 is 1.51 bits per heavy atom. The zero-order valence-corrected chi connectivity index (χ0v) is 34.2. The molecule has 0 spiro atoms. The molecule has 1 aliphatic rings. The summed E-state index contributed by atoms with van der Waals surface area (Å²) in [5.41, 5.74) is 1.19. The Bertz CT molecular complexity index is 2200. The van der Waals surface area contributed by atoms with Crippen molar-refractivity contribution in [3.63, 3.8) is 0 Å². The summed E-state index contributed by atoms with van der Waals surface area (Å²) in [5.74, 6) is -2.89. The number of alkyl carbamates (subject to hydrolysis) is 1. The molecular formula is C43H36Cl3N2O10P. The molecule has 0 bridgehead atoms. The Kier molecular flexibility index (Phi) is 14.4. The molecule has 0 aromatic heterocycles. The number of nitrogens with zero attached hydrogens (tertiary/aromatic N) is 1. The minimum Gasteiger partial charge on any atom is -0.456 e. The van der Waals surface area contributed by atoms with E-state index in [0.29, 0.717) is 27.0 Å². The van der Waals surface area contributed by atoms with Crippen molar-refractivity contribution < 1.29 is 47.7 Å². The third-order valence-electron chi connectivity index (χ3n) is 8.81. The fourth-order valence-electron chi connectivity index (χ4n) is 6.26. The summed E-state index contributed by atoms with van der Waals surface area (Å²) in [6, 6.07) is 43.6. The summed E-state index contributed by atoms with van der Waals surface area (Å²) in [4.78, 5) is 69.7. The molecule has 2 amide bonds. The van der Waals surface area contributed by atoms with Gasteiger partial charge in [-0.15, -0.1) is 0 Å². The number of nitrogens with one attached hydrogen (secondary N) is 1. The van der Waals surface area contributed by atoms with E-state index in [4.69, 9.17) is 58.5 Å². The van der Waals surface area contributed by atoms with Gasteiger partial charge in [0.1, 0.15) is 25.2 Å². The molecule has 1 heterocycles. The molecule has 304 valence electrons. The number of alkyl halides is 3. The number of hydrogen-bond donors (Lipinski definition) is 1. The third-order valence-corrected chi connectivity index (χ3v) is 13.4. The highest BCUT2D eigenvalue weighted by atomic mass is 35.6. The zero-order chi connectivity index (χ0) is 41.8. The predicted octanol–water partition coefficient (Wildman–Crippen LogP) is 6.38. The van der Waals surface area contributed by atoms with Gasteiger partial charge in [-0.3, -0.25) is 9.69 Å². The third kappa shape index (κ3) is 10.6. The van der Waals surface area contributed by atoms with Crippen LogP contribution in [0.1, 0.15) is 11.1 Å². The highest BCUT2D eigenvalue weighted by Gasteiger charge is 2.57. The summed E-state index contributed by atoms with van der Waals surface area (Å²) in [6.07, 6.45) is -4.05. The summed E-state index contributed by atoms with van der Waals surface area (Å²) in [7, 11) is 0. The van der Waals surface area contributed by atoms with E-state index in [-0.39, 0.29) is 18.6 Å². The summed E-state index contributed by atoms with van der Waals surface area (Å²) in [5, 5.41) is 4.45. The normalized spacial score (nSPS) is 14.9. The molecule has 12 nitrogen and oxygen atoms in total. The van der Waals surface area contributed by atoms with Gasteiger partial charge >= 0.3 is 24.2 Å². The SMILES string of the molecule is O=C(COC(=O)OCC(Cl)(Cl)Cl)OC1C(NC(=O)OCc2ccccc2)C(=O)N1C(C(=O)OCc1ccccc1)=P(c1ccccc1)(c1ccccc1)c1ccccc1. The van der Waals surface area contributed by atoms with Gasteiger partial charge in [-0.2, -0.15) is 0 Å². The number of ether oxygens (including phenoxy) is 5. The van der Waals surface area contributed by atoms with Gasteiger partial charge in [-0.1, -0.05) is 186 Å². The lowest BCUT2D eigenvalue weighted by molar-refractivity contribution is -0.183. The van der Waals surface area contributed by atoms with E-state index in [9.17, 15) is 19.2 Å². The van der Waals surface area contributed by atoms with Gasteiger partial charge in [0.15, 0.2) is 12.6 Å². The molecule has 1 saturated heterocycles. The monoisotopic (exact) mass is 876 g/mol. The standard InChI is InChI=1S/C43H36Cl3N2O10P/c44-43(45,46)29-57-42(53)56-28-35(49)58-38-36(47-41(52)55-27-31-18-8-2-9-19-31)37(50)48(38)39(40(51)54-26-30-16-6-1-7-17-30)59(32-20-10-3-11-21-32,33-22-12-4-13-23-33)34-24-14-5-15-25-34/h1-25,36,38H,26-29H2,(H,47,52). The number of benzene rings is 5. The van der Waals surface area contributed by atoms with E-state index in [1.54, 1.807) is 54.6 Å². The maximum atomic E-state index is 15.1. The van der Waals surface area contributed by atoms with Crippen LogP contribution in [0.5, 0.6) is 0 Å². The number of halogens is 3. The minimum absolute atomic E-state index is 0.139. The second-order valence-corrected chi connectivity index (χ2v) is 18.6. The zero-order valence-electron chi connectivity index (χ0n) is 31.0.